The second-order valence-electron chi connectivity index (χ2n) is 8.42. The van der Waals surface area contributed by atoms with Gasteiger partial charge in [0.15, 0.2) is 11.6 Å². The Labute approximate surface area is 171 Å². The fraction of sp³-hybridized carbons (Fsp3) is 0.524. The van der Waals surface area contributed by atoms with Crippen molar-refractivity contribution in [1.29, 1.82) is 0 Å². The molecule has 0 unspecified atom stereocenters. The number of halogens is 2. The van der Waals surface area contributed by atoms with Gasteiger partial charge in [-0.3, -0.25) is 4.79 Å². The molecule has 3 heterocycles. The number of carboxylic acid groups (broad SMARTS) is 1. The molecule has 3 aliphatic rings. The van der Waals surface area contributed by atoms with Crippen LogP contribution < -0.4 is 20.4 Å². The molecule has 0 amide bonds. The van der Waals surface area contributed by atoms with Gasteiger partial charge in [-0.05, 0) is 37.8 Å². The molecule has 1 saturated heterocycles. The van der Waals surface area contributed by atoms with Crippen molar-refractivity contribution in [3.05, 3.63) is 33.9 Å². The normalized spacial score (nSPS) is 23.1. The number of hydrogen-bond acceptors (Lipinski definition) is 5. The highest BCUT2D eigenvalue weighted by molar-refractivity contribution is 5.97. The lowest BCUT2D eigenvalue weighted by Gasteiger charge is -2.31. The van der Waals surface area contributed by atoms with Crippen molar-refractivity contribution < 1.29 is 23.4 Å². The van der Waals surface area contributed by atoms with E-state index in [2.05, 4.69) is 5.32 Å². The largest absolute Gasteiger partial charge is 0.487 e. The zero-order valence-electron chi connectivity index (χ0n) is 16.4. The summed E-state index contributed by atoms with van der Waals surface area (Å²) in [5.41, 5.74) is -0.773. The highest BCUT2D eigenvalue weighted by Crippen LogP contribution is 2.43. The van der Waals surface area contributed by atoms with E-state index in [1.807, 2.05) is 4.90 Å². The van der Waals surface area contributed by atoms with E-state index in [-0.39, 0.29) is 28.9 Å². The fourth-order valence-electron chi connectivity index (χ4n) is 4.52. The quantitative estimate of drug-likeness (QED) is 0.748. The molecule has 0 radical (unpaired) electrons. The Kier molecular flexibility index (Phi) is 4.65. The van der Waals surface area contributed by atoms with E-state index in [9.17, 15) is 19.1 Å². The minimum absolute atomic E-state index is 0.0580. The predicted molar refractivity (Wildman–Crippen MR) is 107 cm³/mol. The first-order valence-corrected chi connectivity index (χ1v) is 10.3. The molecule has 2 N–H and O–H groups in total. The molecule has 1 aromatic heterocycles. The Morgan fingerprint density at radius 2 is 2.13 bits per heavy atom. The van der Waals surface area contributed by atoms with Crippen molar-refractivity contribution in [2.45, 2.75) is 31.3 Å². The number of nitrogens with zero attached hydrogens (tertiary/aromatic N) is 2. The highest BCUT2D eigenvalue weighted by atomic mass is 19.1. The molecular weight excluding hydrogens is 396 g/mol. The van der Waals surface area contributed by atoms with Crippen LogP contribution in [0.2, 0.25) is 0 Å². The number of pyridine rings is 1. The van der Waals surface area contributed by atoms with Gasteiger partial charge in [-0.2, -0.15) is 0 Å². The van der Waals surface area contributed by atoms with Crippen LogP contribution in [-0.4, -0.2) is 54.6 Å². The van der Waals surface area contributed by atoms with E-state index < -0.39 is 35.5 Å². The number of rotatable bonds is 6. The third kappa shape index (κ3) is 3.12. The standard InChI is InChI=1S/C21H23F2N3O4/c22-6-13-10-30-20-17-14(19(27)15(21(28)29)9-26(13)17)5-16(23)18(20)25-4-3-11(8-25)7-24-12-1-2-12/h5,9,11-13,24H,1-4,6-8,10H2,(H,28,29)/t11-,13+/m1/s1. The first-order chi connectivity index (χ1) is 14.5. The number of alkyl halides is 1. The van der Waals surface area contributed by atoms with E-state index in [0.29, 0.717) is 25.0 Å². The van der Waals surface area contributed by atoms with Crippen molar-refractivity contribution in [1.82, 2.24) is 9.88 Å². The van der Waals surface area contributed by atoms with Gasteiger partial charge in [-0.15, -0.1) is 0 Å². The second-order valence-corrected chi connectivity index (χ2v) is 8.42. The van der Waals surface area contributed by atoms with Gasteiger partial charge in [0.25, 0.3) is 0 Å². The molecule has 1 aliphatic carbocycles. The number of anilines is 1. The Morgan fingerprint density at radius 1 is 1.33 bits per heavy atom. The fourth-order valence-corrected chi connectivity index (χ4v) is 4.52. The van der Waals surface area contributed by atoms with Crippen LogP contribution in [-0.2, 0) is 0 Å². The number of hydrogen-bond donors (Lipinski definition) is 2. The summed E-state index contributed by atoms with van der Waals surface area (Å²) in [5.74, 6) is -1.48. The summed E-state index contributed by atoms with van der Waals surface area (Å²) in [6.45, 7) is 1.34. The molecule has 160 valence electrons. The zero-order chi connectivity index (χ0) is 21.0. The van der Waals surface area contributed by atoms with E-state index >= 15 is 4.39 Å². The Balaban J connectivity index is 1.60. The van der Waals surface area contributed by atoms with Crippen LogP contribution in [0.3, 0.4) is 0 Å². The lowest BCUT2D eigenvalue weighted by molar-refractivity contribution is 0.0694. The number of aromatic nitrogens is 1. The third-order valence-corrected chi connectivity index (χ3v) is 6.29. The maximum Gasteiger partial charge on any atom is 0.341 e. The van der Waals surface area contributed by atoms with Crippen molar-refractivity contribution in [2.24, 2.45) is 5.92 Å². The minimum atomic E-state index is -1.42. The van der Waals surface area contributed by atoms with Crippen LogP contribution in [0, 0.1) is 11.7 Å². The highest BCUT2D eigenvalue weighted by Gasteiger charge is 2.34. The van der Waals surface area contributed by atoms with Crippen LogP contribution >= 0.6 is 0 Å². The van der Waals surface area contributed by atoms with Crippen LogP contribution in [0.5, 0.6) is 5.75 Å². The molecule has 2 aliphatic heterocycles. The summed E-state index contributed by atoms with van der Waals surface area (Å²) in [4.78, 5) is 26.1. The van der Waals surface area contributed by atoms with Crippen LogP contribution in [0.15, 0.2) is 17.1 Å². The predicted octanol–water partition coefficient (Wildman–Crippen LogP) is 2.32. The molecule has 7 nitrogen and oxygen atoms in total. The SMILES string of the molecule is O=C(O)c1cn2c3c(c(N4CC[C@H](CNC5CC5)C4)c(F)cc3c1=O)OC[C@@H]2CF. The topological polar surface area (TPSA) is 83.8 Å². The van der Waals surface area contributed by atoms with Crippen molar-refractivity contribution in [3.8, 4) is 5.75 Å². The van der Waals surface area contributed by atoms with E-state index in [4.69, 9.17) is 4.74 Å². The third-order valence-electron chi connectivity index (χ3n) is 6.29. The smallest absolute Gasteiger partial charge is 0.341 e. The van der Waals surface area contributed by atoms with Crippen molar-refractivity contribution >= 4 is 22.6 Å². The van der Waals surface area contributed by atoms with Crippen molar-refractivity contribution in [2.75, 3.05) is 37.8 Å². The Bertz CT molecular complexity index is 1080. The lowest BCUT2D eigenvalue weighted by Crippen LogP contribution is -2.31. The molecule has 1 aromatic carbocycles. The molecule has 30 heavy (non-hydrogen) atoms. The minimum Gasteiger partial charge on any atom is -0.487 e. The molecule has 2 aromatic rings. The Morgan fingerprint density at radius 3 is 2.83 bits per heavy atom. The van der Waals surface area contributed by atoms with Gasteiger partial charge in [0.2, 0.25) is 5.43 Å². The van der Waals surface area contributed by atoms with Crippen LogP contribution in [0.4, 0.5) is 14.5 Å². The average molecular weight is 419 g/mol. The molecule has 5 rings (SSSR count). The Hall–Kier alpha value is -2.68. The van der Waals surface area contributed by atoms with Crippen LogP contribution in [0.25, 0.3) is 10.9 Å². The number of ether oxygens (including phenoxy) is 1. The van der Waals surface area contributed by atoms with Crippen LogP contribution in [0.1, 0.15) is 35.7 Å². The van der Waals surface area contributed by atoms with E-state index in [1.165, 1.54) is 17.4 Å². The summed E-state index contributed by atoms with van der Waals surface area (Å²) in [7, 11) is 0. The van der Waals surface area contributed by atoms with Gasteiger partial charge >= 0.3 is 5.97 Å². The van der Waals surface area contributed by atoms with Crippen molar-refractivity contribution in [3.63, 3.8) is 0 Å². The summed E-state index contributed by atoms with van der Waals surface area (Å²) in [6.07, 6.45) is 4.48. The van der Waals surface area contributed by atoms with E-state index in [1.54, 1.807) is 0 Å². The summed E-state index contributed by atoms with van der Waals surface area (Å²) >= 11 is 0. The molecule has 9 heteroatoms. The number of nitrogens with one attached hydrogen (secondary N) is 1. The van der Waals surface area contributed by atoms with Gasteiger partial charge < -0.3 is 24.6 Å². The molecule has 2 atom stereocenters. The molecular formula is C21H23F2N3O4. The molecule has 2 fully saturated rings. The molecule has 1 saturated carbocycles. The number of aromatic carboxylic acids is 1. The molecule has 0 bridgehead atoms. The second kappa shape index (κ2) is 7.23. The first kappa shape index (κ1) is 19.3. The maximum atomic E-state index is 15.2. The monoisotopic (exact) mass is 419 g/mol. The van der Waals surface area contributed by atoms with Gasteiger partial charge in [0.1, 0.15) is 24.5 Å². The maximum absolute atomic E-state index is 15.2. The summed E-state index contributed by atoms with van der Waals surface area (Å²) in [5, 5.41) is 12.8. The number of carboxylic acids is 1. The van der Waals surface area contributed by atoms with Gasteiger partial charge in [0, 0.05) is 25.3 Å². The lowest BCUT2D eigenvalue weighted by atomic mass is 10.1. The number of benzene rings is 1. The molecule has 0 spiro atoms. The summed E-state index contributed by atoms with van der Waals surface area (Å²) < 4.78 is 36.0. The number of carbonyl (C=O) groups is 1. The van der Waals surface area contributed by atoms with E-state index in [0.717, 1.165) is 25.2 Å². The zero-order valence-corrected chi connectivity index (χ0v) is 16.4. The van der Waals surface area contributed by atoms with Gasteiger partial charge in [-0.25, -0.2) is 13.6 Å². The summed E-state index contributed by atoms with van der Waals surface area (Å²) in [6, 6.07) is 0.904. The first-order valence-electron chi connectivity index (χ1n) is 10.3. The van der Waals surface area contributed by atoms with Gasteiger partial charge in [0.05, 0.1) is 16.9 Å². The average Bonchev–Trinajstić information content (AvgIpc) is 3.45. The van der Waals surface area contributed by atoms with Gasteiger partial charge in [-0.1, -0.05) is 0 Å².